The summed E-state index contributed by atoms with van der Waals surface area (Å²) in [5.74, 6) is -0.596. The summed E-state index contributed by atoms with van der Waals surface area (Å²) in [6, 6.07) is 4.49. The third-order valence-corrected chi connectivity index (χ3v) is 4.61. The molecule has 3 rings (SSSR count). The summed E-state index contributed by atoms with van der Waals surface area (Å²) in [4.78, 5) is 24.7. The number of hydrogen-bond acceptors (Lipinski definition) is 6. The molecule has 1 saturated heterocycles. The lowest BCUT2D eigenvalue weighted by molar-refractivity contribution is -0.121. The minimum atomic E-state index is -0.561. The lowest BCUT2D eigenvalue weighted by Crippen LogP contribution is -2.34. The molecule has 1 atom stereocenters. The van der Waals surface area contributed by atoms with Gasteiger partial charge in [-0.25, -0.2) is 9.18 Å². The first-order valence-corrected chi connectivity index (χ1v) is 8.64. The molecule has 0 spiro atoms. The molecule has 7 nitrogen and oxygen atoms in total. The number of carbonyl (C=O) groups is 2. The molecule has 1 aromatic heterocycles. The summed E-state index contributed by atoms with van der Waals surface area (Å²) in [5, 5.41) is 11.7. The second-order valence-electron chi connectivity index (χ2n) is 5.56. The van der Waals surface area contributed by atoms with E-state index in [4.69, 9.17) is 4.74 Å². The van der Waals surface area contributed by atoms with Crippen molar-refractivity contribution in [3.05, 3.63) is 29.0 Å². The highest BCUT2D eigenvalue weighted by Gasteiger charge is 2.32. The highest BCUT2D eigenvalue weighted by Crippen LogP contribution is 2.30. The van der Waals surface area contributed by atoms with E-state index in [-0.39, 0.29) is 19.0 Å². The standard InChI is InChI=1S/C16H17FN4O3S/c1-3-14(22)18-7-11-8-21(16(23)24-11)10-4-5-12(13(17)6-10)15-20-19-9(2)25-15/h4-6,11H,3,7-8H2,1-2H3,(H,18,22)/t11-/m0/s1. The third-order valence-electron chi connectivity index (χ3n) is 3.74. The predicted octanol–water partition coefficient (Wildman–Crippen LogP) is 2.50. The van der Waals surface area contributed by atoms with Gasteiger partial charge in [0.1, 0.15) is 16.9 Å². The fraction of sp³-hybridized carbons (Fsp3) is 0.375. The van der Waals surface area contributed by atoms with E-state index in [0.717, 1.165) is 5.01 Å². The Kier molecular flexibility index (Phi) is 4.93. The highest BCUT2D eigenvalue weighted by molar-refractivity contribution is 7.14. The smallest absolute Gasteiger partial charge is 0.414 e. The Morgan fingerprint density at radius 2 is 2.28 bits per heavy atom. The maximum atomic E-state index is 14.4. The number of aromatic nitrogens is 2. The van der Waals surface area contributed by atoms with Gasteiger partial charge in [-0.1, -0.05) is 18.3 Å². The minimum Gasteiger partial charge on any atom is -0.442 e. The van der Waals surface area contributed by atoms with Crippen LogP contribution in [0.1, 0.15) is 18.4 Å². The van der Waals surface area contributed by atoms with Gasteiger partial charge in [0.2, 0.25) is 5.91 Å². The van der Waals surface area contributed by atoms with Gasteiger partial charge in [0.15, 0.2) is 5.01 Å². The van der Waals surface area contributed by atoms with Crippen molar-refractivity contribution >= 4 is 29.0 Å². The summed E-state index contributed by atoms with van der Waals surface area (Å²) >= 11 is 1.30. The molecule has 0 bridgehead atoms. The zero-order chi connectivity index (χ0) is 18.0. The molecular weight excluding hydrogens is 347 g/mol. The molecule has 2 amide bonds. The van der Waals surface area contributed by atoms with Crippen LogP contribution in [0.15, 0.2) is 18.2 Å². The number of hydrogen-bond donors (Lipinski definition) is 1. The number of aryl methyl sites for hydroxylation is 1. The monoisotopic (exact) mass is 364 g/mol. The lowest BCUT2D eigenvalue weighted by atomic mass is 10.2. The van der Waals surface area contributed by atoms with Crippen LogP contribution in [0.3, 0.4) is 0 Å². The highest BCUT2D eigenvalue weighted by atomic mass is 32.1. The minimum absolute atomic E-state index is 0.114. The van der Waals surface area contributed by atoms with Crippen molar-refractivity contribution in [3.8, 4) is 10.6 Å². The molecule has 25 heavy (non-hydrogen) atoms. The number of nitrogens with zero attached hydrogens (tertiary/aromatic N) is 3. The summed E-state index contributed by atoms with van der Waals surface area (Å²) in [5.41, 5.74) is 0.741. The van der Waals surface area contributed by atoms with E-state index >= 15 is 0 Å². The van der Waals surface area contributed by atoms with Crippen LogP contribution in [0, 0.1) is 12.7 Å². The first-order chi connectivity index (χ1) is 12.0. The average Bonchev–Trinajstić information content (AvgIpc) is 3.18. The summed E-state index contributed by atoms with van der Waals surface area (Å²) in [6.45, 7) is 4.02. The van der Waals surface area contributed by atoms with Gasteiger partial charge in [-0.3, -0.25) is 9.69 Å². The lowest BCUT2D eigenvalue weighted by Gasteiger charge is -2.14. The van der Waals surface area contributed by atoms with Crippen LogP contribution in [0.2, 0.25) is 0 Å². The van der Waals surface area contributed by atoms with Gasteiger partial charge in [0.05, 0.1) is 18.8 Å². The van der Waals surface area contributed by atoms with Gasteiger partial charge in [0.25, 0.3) is 0 Å². The molecule has 1 aliphatic rings. The van der Waals surface area contributed by atoms with E-state index in [1.165, 1.54) is 22.3 Å². The topological polar surface area (TPSA) is 84.4 Å². The first-order valence-electron chi connectivity index (χ1n) is 7.82. The second kappa shape index (κ2) is 7.14. The number of amides is 2. The van der Waals surface area contributed by atoms with E-state index in [9.17, 15) is 14.0 Å². The third kappa shape index (κ3) is 3.76. The average molecular weight is 364 g/mol. The molecule has 9 heteroatoms. The van der Waals surface area contributed by atoms with Gasteiger partial charge in [0, 0.05) is 12.0 Å². The van der Waals surface area contributed by atoms with Crippen LogP contribution < -0.4 is 10.2 Å². The van der Waals surface area contributed by atoms with Crippen molar-refractivity contribution in [1.29, 1.82) is 0 Å². The number of cyclic esters (lactones) is 1. The van der Waals surface area contributed by atoms with Crippen molar-refractivity contribution in [2.45, 2.75) is 26.4 Å². The quantitative estimate of drug-likeness (QED) is 0.881. The van der Waals surface area contributed by atoms with Gasteiger partial charge in [-0.05, 0) is 25.1 Å². The van der Waals surface area contributed by atoms with Crippen LogP contribution in [0.25, 0.3) is 10.6 Å². The summed E-state index contributed by atoms with van der Waals surface area (Å²) in [6.07, 6.45) is -0.659. The van der Waals surface area contributed by atoms with Crippen LogP contribution in [0.5, 0.6) is 0 Å². The zero-order valence-corrected chi connectivity index (χ0v) is 14.6. The maximum Gasteiger partial charge on any atom is 0.414 e. The number of benzene rings is 1. The van der Waals surface area contributed by atoms with E-state index in [1.807, 2.05) is 0 Å². The SMILES string of the molecule is CCC(=O)NC[C@H]1CN(c2ccc(-c3nnc(C)s3)c(F)c2)C(=O)O1. The van der Waals surface area contributed by atoms with Crippen molar-refractivity contribution < 1.29 is 18.7 Å². The van der Waals surface area contributed by atoms with Crippen LogP contribution in [-0.2, 0) is 9.53 Å². The first kappa shape index (κ1) is 17.3. The number of halogens is 1. The van der Waals surface area contributed by atoms with Crippen molar-refractivity contribution in [2.75, 3.05) is 18.0 Å². The Morgan fingerprint density at radius 3 is 2.92 bits per heavy atom. The molecule has 0 aliphatic carbocycles. The number of ether oxygens (including phenoxy) is 1. The van der Waals surface area contributed by atoms with Gasteiger partial charge in [-0.2, -0.15) is 0 Å². The Morgan fingerprint density at radius 1 is 1.48 bits per heavy atom. The number of rotatable bonds is 5. The zero-order valence-electron chi connectivity index (χ0n) is 13.8. The second-order valence-corrected chi connectivity index (χ2v) is 6.75. The molecule has 0 radical (unpaired) electrons. The van der Waals surface area contributed by atoms with Crippen molar-refractivity contribution in [1.82, 2.24) is 15.5 Å². The normalized spacial score (nSPS) is 16.8. The maximum absolute atomic E-state index is 14.4. The van der Waals surface area contributed by atoms with Gasteiger partial charge >= 0.3 is 6.09 Å². The fourth-order valence-corrected chi connectivity index (χ4v) is 3.16. The molecule has 132 valence electrons. The van der Waals surface area contributed by atoms with Gasteiger partial charge in [-0.15, -0.1) is 10.2 Å². The Hall–Kier alpha value is -2.55. The van der Waals surface area contributed by atoms with Crippen LogP contribution >= 0.6 is 11.3 Å². The number of nitrogens with one attached hydrogen (secondary N) is 1. The van der Waals surface area contributed by atoms with E-state index in [1.54, 1.807) is 26.0 Å². The number of anilines is 1. The summed E-state index contributed by atoms with van der Waals surface area (Å²) in [7, 11) is 0. The molecule has 0 saturated carbocycles. The van der Waals surface area contributed by atoms with Gasteiger partial charge < -0.3 is 10.1 Å². The number of carbonyl (C=O) groups excluding carboxylic acids is 2. The Bertz CT molecular complexity index is 810. The molecule has 1 fully saturated rings. The molecule has 1 aliphatic heterocycles. The largest absolute Gasteiger partial charge is 0.442 e. The predicted molar refractivity (Wildman–Crippen MR) is 91.0 cm³/mol. The van der Waals surface area contributed by atoms with Crippen molar-refractivity contribution in [3.63, 3.8) is 0 Å². The molecule has 1 N–H and O–H groups in total. The van der Waals surface area contributed by atoms with E-state index < -0.39 is 18.0 Å². The fourth-order valence-electron chi connectivity index (χ4n) is 2.44. The summed E-state index contributed by atoms with van der Waals surface area (Å²) < 4.78 is 19.6. The molecular formula is C16H17FN4O3S. The Balaban J connectivity index is 1.72. The van der Waals surface area contributed by atoms with E-state index in [2.05, 4.69) is 15.5 Å². The van der Waals surface area contributed by atoms with Crippen LogP contribution in [0.4, 0.5) is 14.9 Å². The Labute approximate surface area is 147 Å². The van der Waals surface area contributed by atoms with Crippen molar-refractivity contribution in [2.24, 2.45) is 0 Å². The van der Waals surface area contributed by atoms with E-state index in [0.29, 0.717) is 22.7 Å². The molecule has 1 aromatic carbocycles. The molecule has 0 unspecified atom stereocenters. The molecule has 2 aromatic rings. The van der Waals surface area contributed by atoms with Crippen LogP contribution in [-0.4, -0.2) is 41.4 Å². The molecule has 2 heterocycles.